The first-order chi connectivity index (χ1) is 14.5. The van der Waals surface area contributed by atoms with Crippen LogP contribution in [0.2, 0.25) is 0 Å². The van der Waals surface area contributed by atoms with Crippen LogP contribution >= 0.6 is 0 Å². The molecule has 1 aliphatic heterocycles. The number of anilines is 1. The lowest BCUT2D eigenvalue weighted by Crippen LogP contribution is -2.46. The van der Waals surface area contributed by atoms with Crippen LogP contribution in [0.1, 0.15) is 13.3 Å². The van der Waals surface area contributed by atoms with Gasteiger partial charge in [0.05, 0.1) is 18.2 Å². The molecule has 30 heavy (non-hydrogen) atoms. The van der Waals surface area contributed by atoms with E-state index < -0.39 is 30.2 Å². The topological polar surface area (TPSA) is 97.0 Å². The van der Waals surface area contributed by atoms with Crippen molar-refractivity contribution < 1.29 is 28.2 Å². The summed E-state index contributed by atoms with van der Waals surface area (Å²) < 4.78 is 24.1. The number of para-hydroxylation sites is 3. The number of ether oxygens (including phenoxy) is 2. The molecule has 0 radical (unpaired) electrons. The van der Waals surface area contributed by atoms with Crippen molar-refractivity contribution in [2.24, 2.45) is 5.92 Å². The van der Waals surface area contributed by atoms with Crippen molar-refractivity contribution in [3.63, 3.8) is 0 Å². The molecule has 0 aliphatic carbocycles. The Kier molecular flexibility index (Phi) is 6.84. The minimum atomic E-state index is -0.658. The number of benzene rings is 2. The minimum absolute atomic E-state index is 0.00783. The zero-order valence-corrected chi connectivity index (χ0v) is 16.4. The summed E-state index contributed by atoms with van der Waals surface area (Å²) >= 11 is 0. The summed E-state index contributed by atoms with van der Waals surface area (Å²) in [5.41, 5.74) is 5.09. The van der Waals surface area contributed by atoms with Crippen LogP contribution in [0.3, 0.4) is 0 Å². The monoisotopic (exact) mass is 415 g/mol. The third kappa shape index (κ3) is 5.05. The van der Waals surface area contributed by atoms with E-state index in [1.165, 1.54) is 23.1 Å². The molecule has 0 unspecified atom stereocenters. The molecule has 1 atom stereocenters. The summed E-state index contributed by atoms with van der Waals surface area (Å²) in [6, 6.07) is 12.8. The van der Waals surface area contributed by atoms with E-state index in [1.807, 2.05) is 6.92 Å². The summed E-state index contributed by atoms with van der Waals surface area (Å²) in [5.74, 6) is -2.10. The van der Waals surface area contributed by atoms with Crippen molar-refractivity contribution >= 4 is 23.4 Å². The number of amides is 3. The molecule has 2 N–H and O–H groups in total. The first-order valence-electron chi connectivity index (χ1n) is 9.47. The number of nitrogens with one attached hydrogen (secondary N) is 2. The molecule has 0 saturated carbocycles. The summed E-state index contributed by atoms with van der Waals surface area (Å²) in [6.45, 7) is 1.98. The predicted molar refractivity (Wildman–Crippen MR) is 106 cm³/mol. The van der Waals surface area contributed by atoms with Crippen LogP contribution in [0.15, 0.2) is 48.5 Å². The highest BCUT2D eigenvalue weighted by atomic mass is 19.1. The highest BCUT2D eigenvalue weighted by Crippen LogP contribution is 2.33. The largest absolute Gasteiger partial charge is 0.492 e. The van der Waals surface area contributed by atoms with Crippen LogP contribution in [0, 0.1) is 11.7 Å². The number of carbonyl (C=O) groups excluding carboxylic acids is 3. The van der Waals surface area contributed by atoms with Crippen molar-refractivity contribution in [2.75, 3.05) is 24.7 Å². The second-order valence-corrected chi connectivity index (χ2v) is 6.56. The predicted octanol–water partition coefficient (Wildman–Crippen LogP) is 1.80. The number of rotatable bonds is 7. The Labute approximate surface area is 172 Å². The van der Waals surface area contributed by atoms with Gasteiger partial charge in [0.15, 0.2) is 18.2 Å². The Morgan fingerprint density at radius 3 is 2.50 bits per heavy atom. The molecule has 3 rings (SSSR count). The molecular formula is C21H22FN3O5. The fourth-order valence-corrected chi connectivity index (χ4v) is 3.05. The third-order valence-electron chi connectivity index (χ3n) is 4.47. The van der Waals surface area contributed by atoms with Gasteiger partial charge in [-0.3, -0.25) is 25.2 Å². The molecule has 0 aromatic heterocycles. The smallest absolute Gasteiger partial charge is 0.276 e. The van der Waals surface area contributed by atoms with Crippen LogP contribution in [0.5, 0.6) is 11.5 Å². The van der Waals surface area contributed by atoms with Gasteiger partial charge < -0.3 is 14.4 Å². The van der Waals surface area contributed by atoms with Crippen LogP contribution in [0.4, 0.5) is 10.1 Å². The number of halogens is 1. The van der Waals surface area contributed by atoms with Crippen LogP contribution in [-0.2, 0) is 14.4 Å². The quantitative estimate of drug-likeness (QED) is 0.673. The zero-order chi connectivity index (χ0) is 21.5. The molecular weight excluding hydrogens is 393 g/mol. The summed E-state index contributed by atoms with van der Waals surface area (Å²) in [6.07, 6.45) is 0.00783. The molecule has 1 saturated heterocycles. The van der Waals surface area contributed by atoms with E-state index >= 15 is 0 Å². The molecule has 2 aromatic rings. The lowest BCUT2D eigenvalue weighted by molar-refractivity contribution is -0.132. The Morgan fingerprint density at radius 2 is 1.77 bits per heavy atom. The molecule has 9 heteroatoms. The van der Waals surface area contributed by atoms with Gasteiger partial charge in [-0.1, -0.05) is 24.3 Å². The Bertz CT molecular complexity index is 936. The van der Waals surface area contributed by atoms with Crippen LogP contribution in [0.25, 0.3) is 0 Å². The van der Waals surface area contributed by atoms with Gasteiger partial charge in [-0.05, 0) is 31.2 Å². The molecule has 3 amide bonds. The highest BCUT2D eigenvalue weighted by Gasteiger charge is 2.36. The molecule has 1 heterocycles. The lowest BCUT2D eigenvalue weighted by Gasteiger charge is -2.20. The van der Waals surface area contributed by atoms with Gasteiger partial charge in [0.1, 0.15) is 5.75 Å². The van der Waals surface area contributed by atoms with Gasteiger partial charge in [0, 0.05) is 13.0 Å². The number of hydrazine groups is 1. The third-order valence-corrected chi connectivity index (χ3v) is 4.47. The van der Waals surface area contributed by atoms with E-state index in [9.17, 15) is 18.8 Å². The normalized spacial score (nSPS) is 15.6. The summed E-state index contributed by atoms with van der Waals surface area (Å²) in [4.78, 5) is 38.1. The number of carbonyl (C=O) groups is 3. The van der Waals surface area contributed by atoms with Crippen LogP contribution in [-0.4, -0.2) is 37.5 Å². The van der Waals surface area contributed by atoms with E-state index in [1.54, 1.807) is 30.3 Å². The lowest BCUT2D eigenvalue weighted by atomic mass is 10.1. The van der Waals surface area contributed by atoms with Crippen molar-refractivity contribution in [1.82, 2.24) is 10.9 Å². The summed E-state index contributed by atoms with van der Waals surface area (Å²) in [5, 5.41) is 0. The second kappa shape index (κ2) is 9.73. The maximum absolute atomic E-state index is 13.5. The molecule has 1 fully saturated rings. The SMILES string of the molecule is CCOc1ccccc1N1C[C@H](C(=O)NNC(=O)COc2ccccc2F)CC1=O. The van der Waals surface area contributed by atoms with Gasteiger partial charge >= 0.3 is 0 Å². The van der Waals surface area contributed by atoms with Gasteiger partial charge in [0.2, 0.25) is 11.8 Å². The highest BCUT2D eigenvalue weighted by molar-refractivity contribution is 6.01. The van der Waals surface area contributed by atoms with Crippen molar-refractivity contribution in [3.05, 3.63) is 54.3 Å². The minimum Gasteiger partial charge on any atom is -0.492 e. The first kappa shape index (κ1) is 21.1. The van der Waals surface area contributed by atoms with E-state index in [0.29, 0.717) is 18.0 Å². The molecule has 158 valence electrons. The van der Waals surface area contributed by atoms with Gasteiger partial charge in [-0.25, -0.2) is 4.39 Å². The summed E-state index contributed by atoms with van der Waals surface area (Å²) in [7, 11) is 0. The Hall–Kier alpha value is -3.62. The van der Waals surface area contributed by atoms with Gasteiger partial charge in [-0.2, -0.15) is 0 Å². The molecule has 0 bridgehead atoms. The van der Waals surface area contributed by atoms with Crippen molar-refractivity contribution in [2.45, 2.75) is 13.3 Å². The molecule has 2 aromatic carbocycles. The van der Waals surface area contributed by atoms with Crippen molar-refractivity contribution in [1.29, 1.82) is 0 Å². The van der Waals surface area contributed by atoms with E-state index in [4.69, 9.17) is 9.47 Å². The Morgan fingerprint density at radius 1 is 1.07 bits per heavy atom. The second-order valence-electron chi connectivity index (χ2n) is 6.56. The first-order valence-corrected chi connectivity index (χ1v) is 9.47. The maximum atomic E-state index is 13.5. The average molecular weight is 415 g/mol. The fraction of sp³-hybridized carbons (Fsp3) is 0.286. The standard InChI is InChI=1S/C21H22FN3O5/c1-2-29-18-10-6-4-8-16(18)25-12-14(11-20(25)27)21(28)24-23-19(26)13-30-17-9-5-3-7-15(17)22/h3-10,14H,2,11-13H2,1H3,(H,23,26)(H,24,28)/t14-/m1/s1. The Balaban J connectivity index is 1.51. The fourth-order valence-electron chi connectivity index (χ4n) is 3.05. The number of hydrogen-bond donors (Lipinski definition) is 2. The zero-order valence-electron chi connectivity index (χ0n) is 16.4. The van der Waals surface area contributed by atoms with Gasteiger partial charge in [0.25, 0.3) is 5.91 Å². The molecule has 0 spiro atoms. The van der Waals surface area contributed by atoms with E-state index in [0.717, 1.165) is 0 Å². The average Bonchev–Trinajstić information content (AvgIpc) is 3.13. The van der Waals surface area contributed by atoms with Crippen molar-refractivity contribution in [3.8, 4) is 11.5 Å². The molecule has 1 aliphatic rings. The number of nitrogens with zero attached hydrogens (tertiary/aromatic N) is 1. The van der Waals surface area contributed by atoms with Crippen LogP contribution < -0.4 is 25.2 Å². The van der Waals surface area contributed by atoms with Gasteiger partial charge in [-0.15, -0.1) is 0 Å². The molecule has 8 nitrogen and oxygen atoms in total. The van der Waals surface area contributed by atoms with E-state index in [-0.39, 0.29) is 24.6 Å². The number of hydrogen-bond acceptors (Lipinski definition) is 5. The van der Waals surface area contributed by atoms with E-state index in [2.05, 4.69) is 10.9 Å². The maximum Gasteiger partial charge on any atom is 0.276 e.